The average Bonchev–Trinajstić information content (AvgIpc) is 3.75. The molecular weight excluding hydrogens is 726 g/mol. The van der Waals surface area contributed by atoms with Crippen molar-refractivity contribution in [2.45, 2.75) is 33.0 Å². The zero-order valence-corrected chi connectivity index (χ0v) is 28.7. The third-order valence-corrected chi connectivity index (χ3v) is 9.17. The first-order chi connectivity index (χ1) is 25.2. The standard InChI is InChI=1S/C33H28ClF4N11O4/c1-3-23-27(45-8-10-46(11-9-45)30(52)26-28(51)17(2)39-16-40-26)31(53)49-32(43-29(44-49)18-6-7-48-24(12-18)21(35)14-41-48)47(23)15-25(50)42-22-5-4-19(13-20(22)34)33(36,37)38/h4-7,12-14,16,51H,3,8-11,15H2,1-2H3,(H,42,50). The number of aromatic nitrogens is 8. The van der Waals surface area contributed by atoms with E-state index in [9.17, 15) is 37.1 Å². The highest BCUT2D eigenvalue weighted by atomic mass is 35.5. The summed E-state index contributed by atoms with van der Waals surface area (Å²) in [7, 11) is 0. The van der Waals surface area contributed by atoms with Gasteiger partial charge in [-0.1, -0.05) is 18.5 Å². The molecule has 1 aliphatic rings. The number of aryl methyl sites for hydroxylation is 1. The fraction of sp³-hybridized carbons (Fsp3) is 0.273. The summed E-state index contributed by atoms with van der Waals surface area (Å²) in [5, 5.41) is 21.0. The van der Waals surface area contributed by atoms with Crippen molar-refractivity contribution in [3.8, 4) is 17.1 Å². The number of carbonyl (C=O) groups excluding carboxylic acids is 2. The lowest BCUT2D eigenvalue weighted by molar-refractivity contribution is -0.137. The highest BCUT2D eigenvalue weighted by molar-refractivity contribution is 6.33. The number of piperazine rings is 1. The van der Waals surface area contributed by atoms with Crippen molar-refractivity contribution in [2.24, 2.45) is 0 Å². The van der Waals surface area contributed by atoms with Crippen LogP contribution < -0.4 is 15.8 Å². The summed E-state index contributed by atoms with van der Waals surface area (Å²) in [4.78, 5) is 56.7. The van der Waals surface area contributed by atoms with Crippen LogP contribution in [-0.4, -0.2) is 86.7 Å². The van der Waals surface area contributed by atoms with Crippen LogP contribution in [0.2, 0.25) is 5.02 Å². The van der Waals surface area contributed by atoms with Crippen molar-refractivity contribution >= 4 is 46.1 Å². The number of alkyl halides is 3. The second kappa shape index (κ2) is 13.5. The molecule has 6 aromatic rings. The van der Waals surface area contributed by atoms with Crippen LogP contribution in [0.1, 0.15) is 34.4 Å². The van der Waals surface area contributed by atoms with E-state index >= 15 is 0 Å². The monoisotopic (exact) mass is 753 g/mol. The van der Waals surface area contributed by atoms with Crippen molar-refractivity contribution in [3.05, 3.63) is 92.9 Å². The molecule has 0 radical (unpaired) electrons. The minimum atomic E-state index is -4.64. The fourth-order valence-corrected chi connectivity index (χ4v) is 6.40. The molecule has 0 unspecified atom stereocenters. The van der Waals surface area contributed by atoms with Gasteiger partial charge in [-0.3, -0.25) is 14.4 Å². The number of nitrogens with zero attached hydrogens (tertiary/aromatic N) is 10. The van der Waals surface area contributed by atoms with Gasteiger partial charge in [0.05, 0.1) is 33.9 Å². The average molecular weight is 754 g/mol. The summed E-state index contributed by atoms with van der Waals surface area (Å²) in [6, 6.07) is 5.57. The summed E-state index contributed by atoms with van der Waals surface area (Å²) >= 11 is 6.11. The summed E-state index contributed by atoms with van der Waals surface area (Å²) in [6.07, 6.45) is -0.694. The van der Waals surface area contributed by atoms with Crippen LogP contribution in [0.15, 0.2) is 53.8 Å². The highest BCUT2D eigenvalue weighted by Gasteiger charge is 2.32. The van der Waals surface area contributed by atoms with Crippen molar-refractivity contribution < 1.29 is 32.3 Å². The number of aromatic hydroxyl groups is 1. The molecule has 2 N–H and O–H groups in total. The number of halogens is 5. The number of hydrogen-bond acceptors (Lipinski definition) is 10. The van der Waals surface area contributed by atoms with Gasteiger partial charge in [0, 0.05) is 37.9 Å². The molecule has 1 fully saturated rings. The number of benzene rings is 1. The van der Waals surface area contributed by atoms with Gasteiger partial charge in [0.15, 0.2) is 23.1 Å². The van der Waals surface area contributed by atoms with E-state index in [4.69, 9.17) is 11.6 Å². The fourth-order valence-electron chi connectivity index (χ4n) is 6.17. The van der Waals surface area contributed by atoms with Gasteiger partial charge >= 0.3 is 6.18 Å². The topological polar surface area (TPSA) is 168 Å². The first kappa shape index (κ1) is 35.3. The van der Waals surface area contributed by atoms with Gasteiger partial charge < -0.3 is 24.8 Å². The summed E-state index contributed by atoms with van der Waals surface area (Å²) in [5.74, 6) is -2.11. The Labute approximate surface area is 301 Å². The quantitative estimate of drug-likeness (QED) is 0.228. The Morgan fingerprint density at radius 1 is 1.08 bits per heavy atom. The smallest absolute Gasteiger partial charge is 0.416 e. The second-order valence-electron chi connectivity index (χ2n) is 12.1. The zero-order valence-electron chi connectivity index (χ0n) is 27.9. The van der Waals surface area contributed by atoms with E-state index in [1.54, 1.807) is 24.8 Å². The molecule has 5 aromatic heterocycles. The van der Waals surface area contributed by atoms with Crippen molar-refractivity contribution in [3.63, 3.8) is 0 Å². The van der Waals surface area contributed by atoms with E-state index in [0.29, 0.717) is 17.3 Å². The molecule has 15 nitrogen and oxygen atoms in total. The van der Waals surface area contributed by atoms with E-state index in [-0.39, 0.29) is 83.3 Å². The molecule has 20 heteroatoms. The Hall–Kier alpha value is -6.11. The SMILES string of the molecule is CCc1c(N2CCN(C(=O)c3ncnc(C)c3O)CC2)c(=O)n2nc(-c3ccn4ncc(F)c4c3)nc2n1CC(=O)Nc1ccc(C(F)(F)F)cc1Cl. The van der Waals surface area contributed by atoms with Gasteiger partial charge in [0.2, 0.25) is 11.7 Å². The molecule has 6 heterocycles. The molecule has 2 amide bonds. The number of rotatable bonds is 7. The lowest BCUT2D eigenvalue weighted by Gasteiger charge is -2.36. The Balaban J connectivity index is 1.27. The number of fused-ring (bicyclic) bond motifs is 2. The molecule has 53 heavy (non-hydrogen) atoms. The van der Waals surface area contributed by atoms with E-state index in [1.165, 1.54) is 32.6 Å². The zero-order chi connectivity index (χ0) is 37.8. The van der Waals surface area contributed by atoms with Crippen LogP contribution in [0, 0.1) is 12.7 Å². The van der Waals surface area contributed by atoms with E-state index < -0.39 is 41.5 Å². The summed E-state index contributed by atoms with van der Waals surface area (Å²) in [6.45, 7) is 3.50. The Morgan fingerprint density at radius 2 is 1.83 bits per heavy atom. The predicted octanol–water partition coefficient (Wildman–Crippen LogP) is 3.98. The van der Waals surface area contributed by atoms with E-state index in [2.05, 4.69) is 30.5 Å². The molecule has 0 aliphatic carbocycles. The van der Waals surface area contributed by atoms with Crippen LogP contribution >= 0.6 is 11.6 Å². The molecule has 0 atom stereocenters. The van der Waals surface area contributed by atoms with Crippen molar-refractivity contribution in [2.75, 3.05) is 36.4 Å². The van der Waals surface area contributed by atoms with Gasteiger partial charge in [-0.05, 0) is 43.7 Å². The van der Waals surface area contributed by atoms with Gasteiger partial charge in [-0.25, -0.2) is 18.9 Å². The molecular formula is C33H28ClF4N11O4. The molecule has 7 rings (SSSR count). The first-order valence-corrected chi connectivity index (χ1v) is 16.5. The van der Waals surface area contributed by atoms with Gasteiger partial charge in [-0.2, -0.15) is 27.8 Å². The maximum Gasteiger partial charge on any atom is 0.416 e. The molecule has 0 spiro atoms. The van der Waals surface area contributed by atoms with Crippen LogP contribution in [0.3, 0.4) is 0 Å². The third kappa shape index (κ3) is 6.47. The molecule has 0 bridgehead atoms. The number of pyridine rings is 1. The van der Waals surface area contributed by atoms with Crippen molar-refractivity contribution in [1.29, 1.82) is 0 Å². The lowest BCUT2D eigenvalue weighted by atomic mass is 10.2. The van der Waals surface area contributed by atoms with Crippen LogP contribution in [-0.2, 0) is 23.9 Å². The van der Waals surface area contributed by atoms with Crippen molar-refractivity contribution in [1.82, 2.24) is 43.6 Å². The van der Waals surface area contributed by atoms with Crippen LogP contribution in [0.5, 0.6) is 5.75 Å². The lowest BCUT2D eigenvalue weighted by Crippen LogP contribution is -2.51. The maximum atomic E-state index is 14.4. The maximum absolute atomic E-state index is 14.4. The molecule has 1 aromatic carbocycles. The number of carbonyl (C=O) groups is 2. The molecule has 0 saturated carbocycles. The summed E-state index contributed by atoms with van der Waals surface area (Å²) in [5.41, 5.74) is -0.473. The Morgan fingerprint density at radius 3 is 2.53 bits per heavy atom. The molecule has 274 valence electrons. The minimum absolute atomic E-state index is 0.0310. The second-order valence-corrected chi connectivity index (χ2v) is 12.5. The van der Waals surface area contributed by atoms with Crippen LogP contribution in [0.25, 0.3) is 22.7 Å². The number of nitrogens with one attached hydrogen (secondary N) is 1. The predicted molar refractivity (Wildman–Crippen MR) is 182 cm³/mol. The highest BCUT2D eigenvalue weighted by Crippen LogP contribution is 2.34. The van der Waals surface area contributed by atoms with Gasteiger partial charge in [0.25, 0.3) is 11.5 Å². The molecule has 1 saturated heterocycles. The van der Waals surface area contributed by atoms with Gasteiger partial charge in [-0.15, -0.1) is 5.10 Å². The van der Waals surface area contributed by atoms with Crippen LogP contribution in [0.4, 0.5) is 28.9 Å². The minimum Gasteiger partial charge on any atom is -0.504 e. The van der Waals surface area contributed by atoms with E-state index in [0.717, 1.165) is 22.8 Å². The van der Waals surface area contributed by atoms with E-state index in [1.807, 2.05) is 0 Å². The number of anilines is 2. The molecule has 1 aliphatic heterocycles. The normalized spacial score (nSPS) is 13.6. The number of hydrogen-bond donors (Lipinski definition) is 2. The van der Waals surface area contributed by atoms with Gasteiger partial charge in [0.1, 0.15) is 24.1 Å². The largest absolute Gasteiger partial charge is 0.504 e. The third-order valence-electron chi connectivity index (χ3n) is 8.86. The number of amides is 2. The summed E-state index contributed by atoms with van der Waals surface area (Å²) < 4.78 is 57.9. The first-order valence-electron chi connectivity index (χ1n) is 16.1. The Kier molecular flexibility index (Phi) is 8.96. The Bertz CT molecular complexity index is 2490.